The summed E-state index contributed by atoms with van der Waals surface area (Å²) in [6, 6.07) is 9.65. The highest BCUT2D eigenvalue weighted by Crippen LogP contribution is 2.25. The Kier molecular flexibility index (Phi) is 5.52. The molecule has 7 heteroatoms. The third-order valence-electron chi connectivity index (χ3n) is 3.86. The number of thiazole rings is 1. The van der Waals surface area contributed by atoms with Crippen molar-refractivity contribution in [2.75, 3.05) is 18.1 Å². The number of thioether (sulfide) groups is 1. The van der Waals surface area contributed by atoms with E-state index in [-0.39, 0.29) is 24.8 Å². The van der Waals surface area contributed by atoms with E-state index in [1.807, 2.05) is 35.7 Å². The molecule has 1 N–H and O–H groups in total. The summed E-state index contributed by atoms with van der Waals surface area (Å²) in [5, 5.41) is 11.8. The van der Waals surface area contributed by atoms with Gasteiger partial charge in [0.2, 0.25) is 5.91 Å². The number of carbonyl (C=O) groups excluding carboxylic acids is 1. The zero-order valence-corrected chi connectivity index (χ0v) is 14.7. The lowest BCUT2D eigenvalue weighted by atomic mass is 10.1. The van der Waals surface area contributed by atoms with E-state index in [4.69, 9.17) is 5.11 Å². The van der Waals surface area contributed by atoms with Crippen molar-refractivity contribution >= 4 is 35.0 Å². The number of aliphatic carboxylic acids is 1. The van der Waals surface area contributed by atoms with Gasteiger partial charge in [-0.05, 0) is 0 Å². The summed E-state index contributed by atoms with van der Waals surface area (Å²) in [5.41, 5.74) is 1.79. The largest absolute Gasteiger partial charge is 0.481 e. The number of carbonyl (C=O) groups is 2. The Morgan fingerprint density at radius 2 is 2.08 bits per heavy atom. The van der Waals surface area contributed by atoms with E-state index in [0.29, 0.717) is 12.3 Å². The summed E-state index contributed by atoms with van der Waals surface area (Å²) in [5.74, 6) is 0.644. The normalized spacial score (nSPS) is 17.7. The second-order valence-electron chi connectivity index (χ2n) is 5.60. The maximum atomic E-state index is 12.6. The highest BCUT2D eigenvalue weighted by Gasteiger charge is 2.29. The Morgan fingerprint density at radius 1 is 1.29 bits per heavy atom. The molecule has 5 nitrogen and oxygen atoms in total. The fourth-order valence-corrected chi connectivity index (χ4v) is 4.60. The van der Waals surface area contributed by atoms with Crippen molar-refractivity contribution in [2.45, 2.75) is 18.9 Å². The van der Waals surface area contributed by atoms with E-state index in [2.05, 4.69) is 4.98 Å². The number of carboxylic acid groups (broad SMARTS) is 1. The summed E-state index contributed by atoms with van der Waals surface area (Å²) in [7, 11) is 0. The molecular weight excluding hydrogens is 344 g/mol. The van der Waals surface area contributed by atoms with Crippen LogP contribution in [-0.2, 0) is 16.0 Å². The number of benzene rings is 1. The molecule has 2 aromatic rings. The van der Waals surface area contributed by atoms with E-state index in [9.17, 15) is 9.59 Å². The Hall–Kier alpha value is -1.86. The Balaban J connectivity index is 1.68. The zero-order valence-electron chi connectivity index (χ0n) is 13.1. The molecule has 1 aromatic heterocycles. The van der Waals surface area contributed by atoms with Gasteiger partial charge in [-0.3, -0.25) is 9.59 Å². The van der Waals surface area contributed by atoms with Gasteiger partial charge in [-0.15, -0.1) is 11.3 Å². The van der Waals surface area contributed by atoms with Crippen molar-refractivity contribution in [3.63, 3.8) is 0 Å². The van der Waals surface area contributed by atoms with Crippen LogP contribution in [0.1, 0.15) is 12.1 Å². The van der Waals surface area contributed by atoms with E-state index in [1.54, 1.807) is 16.7 Å². The van der Waals surface area contributed by atoms with Crippen molar-refractivity contribution in [3.05, 3.63) is 41.4 Å². The number of hydrogen-bond acceptors (Lipinski definition) is 5. The molecule has 1 aromatic carbocycles. The predicted octanol–water partition coefficient (Wildman–Crippen LogP) is 2.77. The minimum Gasteiger partial charge on any atom is -0.481 e. The second kappa shape index (κ2) is 7.81. The first kappa shape index (κ1) is 17.0. The summed E-state index contributed by atoms with van der Waals surface area (Å²) in [4.78, 5) is 29.9. The monoisotopic (exact) mass is 362 g/mol. The number of hydrogen-bond donors (Lipinski definition) is 1. The van der Waals surface area contributed by atoms with Crippen molar-refractivity contribution in [2.24, 2.45) is 0 Å². The Bertz CT molecular complexity index is 718. The van der Waals surface area contributed by atoms with Crippen molar-refractivity contribution in [3.8, 4) is 10.6 Å². The van der Waals surface area contributed by atoms with Gasteiger partial charge >= 0.3 is 5.97 Å². The lowest BCUT2D eigenvalue weighted by Gasteiger charge is -2.34. The highest BCUT2D eigenvalue weighted by atomic mass is 32.2. The Morgan fingerprint density at radius 3 is 2.83 bits per heavy atom. The molecule has 24 heavy (non-hydrogen) atoms. The van der Waals surface area contributed by atoms with Crippen LogP contribution in [0.2, 0.25) is 0 Å². The number of rotatable bonds is 5. The number of nitrogens with zero attached hydrogens (tertiary/aromatic N) is 2. The van der Waals surface area contributed by atoms with Crippen LogP contribution in [0.4, 0.5) is 0 Å². The molecule has 3 rings (SSSR count). The van der Waals surface area contributed by atoms with Gasteiger partial charge < -0.3 is 10.0 Å². The molecule has 2 heterocycles. The summed E-state index contributed by atoms with van der Waals surface area (Å²) in [6.45, 7) is 0.608. The van der Waals surface area contributed by atoms with Crippen LogP contribution >= 0.6 is 23.1 Å². The van der Waals surface area contributed by atoms with Crippen LogP contribution in [0.5, 0.6) is 0 Å². The molecule has 0 bridgehead atoms. The molecule has 1 atom stereocenters. The van der Waals surface area contributed by atoms with Gasteiger partial charge in [-0.25, -0.2) is 4.98 Å². The lowest BCUT2D eigenvalue weighted by molar-refractivity contribution is -0.140. The second-order valence-corrected chi connectivity index (χ2v) is 7.61. The first-order valence-corrected chi connectivity index (χ1v) is 9.76. The van der Waals surface area contributed by atoms with Crippen LogP contribution < -0.4 is 0 Å². The van der Waals surface area contributed by atoms with Gasteiger partial charge in [-0.2, -0.15) is 11.8 Å². The maximum Gasteiger partial charge on any atom is 0.305 e. The van der Waals surface area contributed by atoms with Gasteiger partial charge in [0, 0.05) is 29.0 Å². The fraction of sp³-hybridized carbons (Fsp3) is 0.353. The van der Waals surface area contributed by atoms with Crippen LogP contribution in [-0.4, -0.2) is 51.0 Å². The molecule has 1 aliphatic rings. The first-order valence-electron chi connectivity index (χ1n) is 7.72. The predicted molar refractivity (Wildman–Crippen MR) is 96.3 cm³/mol. The standard InChI is InChI=1S/C17H18N2O3S2/c20-15(19-6-7-23-11-14(19)9-16(21)22)8-13-10-24-17(18-13)12-4-2-1-3-5-12/h1-5,10,14H,6-9,11H2,(H,21,22). The molecule has 0 spiro atoms. The number of carboxylic acids is 1. The van der Waals surface area contributed by atoms with Gasteiger partial charge in [0.15, 0.2) is 0 Å². The molecule has 126 valence electrons. The van der Waals surface area contributed by atoms with E-state index in [1.165, 1.54) is 11.3 Å². The van der Waals surface area contributed by atoms with E-state index >= 15 is 0 Å². The molecule has 1 saturated heterocycles. The number of amides is 1. The van der Waals surface area contributed by atoms with Gasteiger partial charge in [0.1, 0.15) is 5.01 Å². The quantitative estimate of drug-likeness (QED) is 0.886. The van der Waals surface area contributed by atoms with Crippen LogP contribution in [0.25, 0.3) is 10.6 Å². The zero-order chi connectivity index (χ0) is 16.9. The molecule has 1 fully saturated rings. The highest BCUT2D eigenvalue weighted by molar-refractivity contribution is 7.99. The first-order chi connectivity index (χ1) is 11.6. The van der Waals surface area contributed by atoms with Crippen LogP contribution in [0, 0.1) is 0 Å². The molecule has 1 unspecified atom stereocenters. The summed E-state index contributed by atoms with van der Waals surface area (Å²) in [6.07, 6.45) is 0.231. The topological polar surface area (TPSA) is 70.5 Å². The van der Waals surface area contributed by atoms with Crippen molar-refractivity contribution < 1.29 is 14.7 Å². The van der Waals surface area contributed by atoms with Gasteiger partial charge in [-0.1, -0.05) is 30.3 Å². The maximum absolute atomic E-state index is 12.6. The van der Waals surface area contributed by atoms with Crippen LogP contribution in [0.3, 0.4) is 0 Å². The molecule has 0 aliphatic carbocycles. The third kappa shape index (κ3) is 4.15. The molecule has 0 saturated carbocycles. The minimum atomic E-state index is -0.861. The molecular formula is C17H18N2O3S2. The molecule has 1 amide bonds. The SMILES string of the molecule is O=C(O)CC1CSCCN1C(=O)Cc1csc(-c2ccccc2)n1. The van der Waals surface area contributed by atoms with E-state index in [0.717, 1.165) is 22.0 Å². The van der Waals surface area contributed by atoms with Crippen molar-refractivity contribution in [1.29, 1.82) is 0 Å². The summed E-state index contributed by atoms with van der Waals surface area (Å²) >= 11 is 3.23. The lowest BCUT2D eigenvalue weighted by Crippen LogP contribution is -2.47. The van der Waals surface area contributed by atoms with Gasteiger partial charge in [0.05, 0.1) is 24.6 Å². The summed E-state index contributed by atoms with van der Waals surface area (Å²) < 4.78 is 0. The van der Waals surface area contributed by atoms with Gasteiger partial charge in [0.25, 0.3) is 0 Å². The minimum absolute atomic E-state index is 0.00503. The van der Waals surface area contributed by atoms with Crippen LogP contribution in [0.15, 0.2) is 35.7 Å². The number of aromatic nitrogens is 1. The molecule has 0 radical (unpaired) electrons. The van der Waals surface area contributed by atoms with E-state index < -0.39 is 5.97 Å². The third-order valence-corrected chi connectivity index (χ3v) is 5.89. The van der Waals surface area contributed by atoms with Crippen molar-refractivity contribution in [1.82, 2.24) is 9.88 Å². The Labute approximate surface area is 148 Å². The molecule has 1 aliphatic heterocycles. The average molecular weight is 362 g/mol. The smallest absolute Gasteiger partial charge is 0.305 e. The fourth-order valence-electron chi connectivity index (χ4n) is 2.71. The average Bonchev–Trinajstić information content (AvgIpc) is 3.04.